The average molecular weight is 277 g/mol. The molecule has 0 aromatic carbocycles. The molecule has 2 nitrogen and oxygen atoms in total. The van der Waals surface area contributed by atoms with Gasteiger partial charge in [0.1, 0.15) is 11.5 Å². The van der Waals surface area contributed by atoms with E-state index in [2.05, 4.69) is 32.2 Å². The van der Waals surface area contributed by atoms with Crippen molar-refractivity contribution in [2.45, 2.75) is 78.2 Å². The van der Waals surface area contributed by atoms with Crippen LogP contribution in [0, 0.1) is 19.8 Å². The van der Waals surface area contributed by atoms with Crippen molar-refractivity contribution in [3.63, 3.8) is 0 Å². The summed E-state index contributed by atoms with van der Waals surface area (Å²) in [5, 5.41) is 3.72. The molecule has 1 heterocycles. The van der Waals surface area contributed by atoms with Gasteiger partial charge in [-0.15, -0.1) is 0 Å². The minimum absolute atomic E-state index is 0.481. The van der Waals surface area contributed by atoms with Crippen LogP contribution in [0.3, 0.4) is 0 Å². The summed E-state index contributed by atoms with van der Waals surface area (Å²) >= 11 is 0. The van der Waals surface area contributed by atoms with Gasteiger partial charge in [0.2, 0.25) is 0 Å². The van der Waals surface area contributed by atoms with E-state index in [9.17, 15) is 0 Å². The second-order valence-corrected chi connectivity index (χ2v) is 6.46. The van der Waals surface area contributed by atoms with Gasteiger partial charge < -0.3 is 9.73 Å². The number of nitrogens with one attached hydrogen (secondary N) is 1. The maximum atomic E-state index is 5.73. The zero-order valence-electron chi connectivity index (χ0n) is 13.5. The van der Waals surface area contributed by atoms with Crippen molar-refractivity contribution < 1.29 is 4.42 Å². The molecule has 2 rings (SSSR count). The molecule has 1 aliphatic carbocycles. The highest BCUT2D eigenvalue weighted by Gasteiger charge is 2.20. The quantitative estimate of drug-likeness (QED) is 0.731. The predicted molar refractivity (Wildman–Crippen MR) is 85.0 cm³/mol. The van der Waals surface area contributed by atoms with Crippen molar-refractivity contribution in [1.29, 1.82) is 0 Å². The van der Waals surface area contributed by atoms with Gasteiger partial charge in [0.05, 0.1) is 0 Å². The van der Waals surface area contributed by atoms with Crippen LogP contribution < -0.4 is 5.32 Å². The summed E-state index contributed by atoms with van der Waals surface area (Å²) in [6.45, 7) is 7.48. The molecule has 0 radical (unpaired) electrons. The molecule has 0 saturated heterocycles. The molecule has 1 saturated carbocycles. The van der Waals surface area contributed by atoms with E-state index in [1.165, 1.54) is 56.9 Å². The molecule has 0 bridgehead atoms. The van der Waals surface area contributed by atoms with Crippen LogP contribution >= 0.6 is 0 Å². The van der Waals surface area contributed by atoms with Gasteiger partial charge >= 0.3 is 0 Å². The highest BCUT2D eigenvalue weighted by molar-refractivity contribution is 5.24. The number of hydrogen-bond donors (Lipinski definition) is 1. The van der Waals surface area contributed by atoms with Crippen molar-refractivity contribution in [3.05, 3.63) is 23.2 Å². The number of rotatable bonds is 7. The minimum atomic E-state index is 0.481. The maximum Gasteiger partial charge on any atom is 0.105 e. The molecule has 1 atom stereocenters. The zero-order valence-corrected chi connectivity index (χ0v) is 13.5. The molecule has 1 aromatic heterocycles. The normalized spacial score (nSPS) is 18.4. The van der Waals surface area contributed by atoms with Crippen LogP contribution in [0.2, 0.25) is 0 Å². The Morgan fingerprint density at radius 2 is 2.00 bits per heavy atom. The Hall–Kier alpha value is -0.760. The fourth-order valence-corrected chi connectivity index (χ4v) is 3.56. The van der Waals surface area contributed by atoms with E-state index in [-0.39, 0.29) is 0 Å². The van der Waals surface area contributed by atoms with Gasteiger partial charge in [-0.1, -0.05) is 39.0 Å². The molecule has 1 N–H and O–H groups in total. The lowest BCUT2D eigenvalue weighted by Gasteiger charge is -2.25. The lowest BCUT2D eigenvalue weighted by atomic mass is 9.84. The molecule has 1 unspecified atom stereocenters. The predicted octanol–water partition coefficient (Wildman–Crippen LogP) is 5.30. The second-order valence-electron chi connectivity index (χ2n) is 6.46. The van der Waals surface area contributed by atoms with Crippen LogP contribution in [0.5, 0.6) is 0 Å². The van der Waals surface area contributed by atoms with Crippen molar-refractivity contribution in [2.75, 3.05) is 6.54 Å². The van der Waals surface area contributed by atoms with E-state index in [0.717, 1.165) is 24.0 Å². The average Bonchev–Trinajstić information content (AvgIpc) is 2.79. The molecule has 20 heavy (non-hydrogen) atoms. The van der Waals surface area contributed by atoms with Crippen LogP contribution in [0.15, 0.2) is 10.5 Å². The summed E-state index contributed by atoms with van der Waals surface area (Å²) in [6, 6.07) is 2.71. The number of hydrogen-bond acceptors (Lipinski definition) is 2. The van der Waals surface area contributed by atoms with E-state index in [4.69, 9.17) is 4.42 Å². The Balaban J connectivity index is 1.94. The van der Waals surface area contributed by atoms with Gasteiger partial charge in [0.25, 0.3) is 0 Å². The topological polar surface area (TPSA) is 25.2 Å². The Bertz CT molecular complexity index is 390. The van der Waals surface area contributed by atoms with Crippen LogP contribution in [-0.2, 0) is 0 Å². The third-order valence-corrected chi connectivity index (χ3v) is 4.68. The van der Waals surface area contributed by atoms with Gasteiger partial charge in [-0.2, -0.15) is 0 Å². The first-order chi connectivity index (χ1) is 9.70. The zero-order chi connectivity index (χ0) is 14.4. The van der Waals surface area contributed by atoms with Crippen molar-refractivity contribution in [2.24, 2.45) is 5.92 Å². The molecule has 0 spiro atoms. The van der Waals surface area contributed by atoms with Gasteiger partial charge in [-0.05, 0) is 51.6 Å². The highest BCUT2D eigenvalue weighted by atomic mass is 16.3. The van der Waals surface area contributed by atoms with E-state index < -0.39 is 0 Å². The van der Waals surface area contributed by atoms with Crippen molar-refractivity contribution in [1.82, 2.24) is 5.32 Å². The Morgan fingerprint density at radius 3 is 2.60 bits per heavy atom. The number of furan rings is 1. The van der Waals surface area contributed by atoms with Gasteiger partial charge in [-0.25, -0.2) is 0 Å². The smallest absolute Gasteiger partial charge is 0.105 e. The molecule has 2 heteroatoms. The summed E-state index contributed by atoms with van der Waals surface area (Å²) in [5.41, 5.74) is 1.38. The van der Waals surface area contributed by atoms with Gasteiger partial charge in [0, 0.05) is 11.6 Å². The summed E-state index contributed by atoms with van der Waals surface area (Å²) in [5.74, 6) is 3.10. The standard InChI is InChI=1S/C18H31NO/c1-4-12-19-18(17-13-14(2)20-15(17)3)11-10-16-8-6-5-7-9-16/h13,16,18-19H,4-12H2,1-3H3. The van der Waals surface area contributed by atoms with Crippen LogP contribution in [0.1, 0.15) is 81.4 Å². The third kappa shape index (κ3) is 4.37. The second kappa shape index (κ2) is 7.87. The van der Waals surface area contributed by atoms with E-state index in [1.54, 1.807) is 0 Å². The highest BCUT2D eigenvalue weighted by Crippen LogP contribution is 2.32. The molecule has 114 valence electrons. The molecule has 1 aromatic rings. The van der Waals surface area contributed by atoms with E-state index in [1.807, 2.05) is 0 Å². The summed E-state index contributed by atoms with van der Waals surface area (Å²) in [7, 11) is 0. The third-order valence-electron chi connectivity index (χ3n) is 4.68. The molecule has 0 aliphatic heterocycles. The first-order valence-corrected chi connectivity index (χ1v) is 8.51. The van der Waals surface area contributed by atoms with Gasteiger partial charge in [0.15, 0.2) is 0 Å². The largest absolute Gasteiger partial charge is 0.466 e. The summed E-state index contributed by atoms with van der Waals surface area (Å²) in [4.78, 5) is 0. The minimum Gasteiger partial charge on any atom is -0.466 e. The van der Waals surface area contributed by atoms with Crippen LogP contribution in [0.4, 0.5) is 0 Å². The first-order valence-electron chi connectivity index (χ1n) is 8.51. The van der Waals surface area contributed by atoms with Crippen LogP contribution in [0.25, 0.3) is 0 Å². The molecule has 1 fully saturated rings. The SMILES string of the molecule is CCCNC(CCC1CCCCC1)c1cc(C)oc1C. The van der Waals surface area contributed by atoms with Gasteiger partial charge in [-0.3, -0.25) is 0 Å². The molecular formula is C18H31NO. The Labute approximate surface area is 124 Å². The maximum absolute atomic E-state index is 5.73. The van der Waals surface area contributed by atoms with E-state index >= 15 is 0 Å². The van der Waals surface area contributed by atoms with Crippen molar-refractivity contribution >= 4 is 0 Å². The Morgan fingerprint density at radius 1 is 1.25 bits per heavy atom. The lowest BCUT2D eigenvalue weighted by molar-refractivity contribution is 0.313. The molecule has 0 amide bonds. The van der Waals surface area contributed by atoms with E-state index in [0.29, 0.717) is 6.04 Å². The Kier molecular flexibility index (Phi) is 6.15. The summed E-state index contributed by atoms with van der Waals surface area (Å²) in [6.07, 6.45) is 11.1. The lowest BCUT2D eigenvalue weighted by Crippen LogP contribution is -2.23. The van der Waals surface area contributed by atoms with Crippen molar-refractivity contribution in [3.8, 4) is 0 Å². The molecule has 1 aliphatic rings. The summed E-state index contributed by atoms with van der Waals surface area (Å²) < 4.78 is 5.73. The fourth-order valence-electron chi connectivity index (χ4n) is 3.56. The fraction of sp³-hybridized carbons (Fsp3) is 0.778. The monoisotopic (exact) mass is 277 g/mol. The first kappa shape index (κ1) is 15.6. The molecular weight excluding hydrogens is 246 g/mol. The van der Waals surface area contributed by atoms with Crippen LogP contribution in [-0.4, -0.2) is 6.54 Å². The number of aryl methyl sites for hydroxylation is 2.